The van der Waals surface area contributed by atoms with E-state index in [1.54, 1.807) is 23.5 Å². The van der Waals surface area contributed by atoms with E-state index in [2.05, 4.69) is 4.90 Å². The summed E-state index contributed by atoms with van der Waals surface area (Å²) in [6.45, 7) is 3.92. The fourth-order valence-electron chi connectivity index (χ4n) is 4.93. The zero-order valence-electron chi connectivity index (χ0n) is 17.7. The van der Waals surface area contributed by atoms with Crippen LogP contribution in [0.2, 0.25) is 0 Å². The van der Waals surface area contributed by atoms with Gasteiger partial charge in [0, 0.05) is 37.8 Å². The van der Waals surface area contributed by atoms with Crippen LogP contribution < -0.4 is 9.47 Å². The molecule has 3 aliphatic heterocycles. The number of hydrogen-bond acceptors (Lipinski definition) is 7. The van der Waals surface area contributed by atoms with E-state index in [4.69, 9.17) is 9.47 Å². The molecule has 0 atom stereocenters. The lowest BCUT2D eigenvalue weighted by molar-refractivity contribution is -0.385. The Balaban J connectivity index is 1.19. The van der Waals surface area contributed by atoms with E-state index >= 15 is 0 Å². The maximum atomic E-state index is 12.5. The van der Waals surface area contributed by atoms with Crippen LogP contribution >= 0.6 is 11.3 Å². The van der Waals surface area contributed by atoms with Crippen molar-refractivity contribution in [3.63, 3.8) is 0 Å². The number of nitro benzene ring substituents is 1. The van der Waals surface area contributed by atoms with Crippen LogP contribution in [-0.2, 0) is 11.3 Å². The van der Waals surface area contributed by atoms with Crippen LogP contribution in [0.1, 0.15) is 30.4 Å². The van der Waals surface area contributed by atoms with Crippen LogP contribution in [0.5, 0.6) is 11.5 Å². The van der Waals surface area contributed by atoms with Crippen molar-refractivity contribution < 1.29 is 19.2 Å². The number of benzene rings is 1. The molecule has 3 aliphatic rings. The number of thiophene rings is 1. The van der Waals surface area contributed by atoms with Crippen LogP contribution in [0.3, 0.4) is 0 Å². The number of rotatable bonds is 5. The zero-order chi connectivity index (χ0) is 22.1. The monoisotopic (exact) mass is 455 g/mol. The quantitative estimate of drug-likeness (QED) is 0.386. The summed E-state index contributed by atoms with van der Waals surface area (Å²) in [5, 5.41) is 15.6. The molecule has 32 heavy (non-hydrogen) atoms. The lowest BCUT2D eigenvalue weighted by atomic mass is 9.78. The van der Waals surface area contributed by atoms with Crippen LogP contribution in [0.4, 0.5) is 5.69 Å². The Morgan fingerprint density at radius 1 is 1.19 bits per heavy atom. The van der Waals surface area contributed by atoms with E-state index in [0.29, 0.717) is 23.6 Å². The first kappa shape index (κ1) is 21.0. The maximum Gasteiger partial charge on any atom is 0.277 e. The number of ether oxygens (including phenoxy) is 2. The molecule has 0 saturated carbocycles. The normalized spacial score (nSPS) is 19.8. The van der Waals surface area contributed by atoms with Gasteiger partial charge in [-0.1, -0.05) is 0 Å². The number of carbonyl (C=O) groups is 1. The van der Waals surface area contributed by atoms with Gasteiger partial charge in [-0.15, -0.1) is 0 Å². The topological polar surface area (TPSA) is 85.2 Å². The van der Waals surface area contributed by atoms with Gasteiger partial charge in [-0.05, 0) is 65.8 Å². The highest BCUT2D eigenvalue weighted by molar-refractivity contribution is 7.08. The van der Waals surface area contributed by atoms with Gasteiger partial charge in [0.15, 0.2) is 11.5 Å². The Morgan fingerprint density at radius 2 is 1.94 bits per heavy atom. The molecule has 2 saturated heterocycles. The van der Waals surface area contributed by atoms with Crippen molar-refractivity contribution in [1.82, 2.24) is 9.80 Å². The molecule has 1 amide bonds. The van der Waals surface area contributed by atoms with Crippen LogP contribution in [0.15, 0.2) is 35.0 Å². The third-order valence-corrected chi connectivity index (χ3v) is 7.48. The number of likely N-dealkylation sites (tertiary alicyclic amines) is 2. The molecule has 4 heterocycles. The Kier molecular flexibility index (Phi) is 5.60. The first-order valence-electron chi connectivity index (χ1n) is 10.8. The predicted octanol–water partition coefficient (Wildman–Crippen LogP) is 3.91. The average molecular weight is 456 g/mol. The van der Waals surface area contributed by atoms with Crippen LogP contribution in [-0.4, -0.2) is 53.6 Å². The summed E-state index contributed by atoms with van der Waals surface area (Å²) in [6.07, 6.45) is 6.52. The number of nitro groups is 1. The molecule has 9 heteroatoms. The molecule has 0 radical (unpaired) electrons. The summed E-state index contributed by atoms with van der Waals surface area (Å²) in [4.78, 5) is 28.0. The molecular weight excluding hydrogens is 430 g/mol. The Labute approximate surface area is 190 Å². The second-order valence-electron chi connectivity index (χ2n) is 8.77. The van der Waals surface area contributed by atoms with Crippen molar-refractivity contribution in [3.8, 4) is 11.5 Å². The van der Waals surface area contributed by atoms with E-state index in [1.165, 1.54) is 6.07 Å². The molecule has 1 spiro atoms. The fourth-order valence-corrected chi connectivity index (χ4v) is 5.55. The highest BCUT2D eigenvalue weighted by atomic mass is 32.1. The smallest absolute Gasteiger partial charge is 0.277 e. The number of hydrogen-bond donors (Lipinski definition) is 0. The lowest BCUT2D eigenvalue weighted by Crippen LogP contribution is -2.43. The van der Waals surface area contributed by atoms with Gasteiger partial charge in [0.1, 0.15) is 0 Å². The lowest BCUT2D eigenvalue weighted by Gasteiger charge is -2.39. The van der Waals surface area contributed by atoms with Gasteiger partial charge in [0.2, 0.25) is 12.7 Å². The van der Waals surface area contributed by atoms with E-state index in [1.807, 2.05) is 27.8 Å². The Bertz CT molecular complexity index is 1040. The molecule has 168 valence electrons. The van der Waals surface area contributed by atoms with Gasteiger partial charge in [0.05, 0.1) is 11.0 Å². The van der Waals surface area contributed by atoms with Gasteiger partial charge in [0.25, 0.3) is 5.69 Å². The van der Waals surface area contributed by atoms with E-state index in [0.717, 1.165) is 51.0 Å². The van der Waals surface area contributed by atoms with Crippen LogP contribution in [0, 0.1) is 15.5 Å². The van der Waals surface area contributed by atoms with E-state index < -0.39 is 0 Å². The summed E-state index contributed by atoms with van der Waals surface area (Å²) in [5.74, 6) is 1.07. The van der Waals surface area contributed by atoms with Gasteiger partial charge in [-0.25, -0.2) is 0 Å². The molecule has 2 fully saturated rings. The molecule has 2 aromatic rings. The van der Waals surface area contributed by atoms with Gasteiger partial charge < -0.3 is 14.4 Å². The minimum atomic E-state index is -0.350. The Morgan fingerprint density at radius 3 is 2.66 bits per heavy atom. The van der Waals surface area contributed by atoms with Crippen LogP contribution in [0.25, 0.3) is 6.08 Å². The van der Waals surface area contributed by atoms with E-state index in [9.17, 15) is 14.9 Å². The predicted molar refractivity (Wildman–Crippen MR) is 121 cm³/mol. The van der Waals surface area contributed by atoms with Crippen molar-refractivity contribution >= 4 is 29.0 Å². The van der Waals surface area contributed by atoms with Crippen molar-refractivity contribution in [3.05, 3.63) is 56.3 Å². The summed E-state index contributed by atoms with van der Waals surface area (Å²) in [7, 11) is 0. The Hall–Kier alpha value is -2.91. The number of fused-ring (bicyclic) bond motifs is 1. The molecule has 0 unspecified atom stereocenters. The number of piperidine rings is 1. The number of nitrogens with zero attached hydrogens (tertiary/aromatic N) is 3. The molecule has 1 aromatic heterocycles. The second-order valence-corrected chi connectivity index (χ2v) is 9.55. The summed E-state index contributed by atoms with van der Waals surface area (Å²) in [5.41, 5.74) is 1.97. The summed E-state index contributed by atoms with van der Waals surface area (Å²) < 4.78 is 10.7. The van der Waals surface area contributed by atoms with Crippen molar-refractivity contribution in [1.29, 1.82) is 0 Å². The zero-order valence-corrected chi connectivity index (χ0v) is 18.5. The molecule has 5 rings (SSSR count). The summed E-state index contributed by atoms with van der Waals surface area (Å²) >= 11 is 1.62. The number of carbonyl (C=O) groups excluding carboxylic acids is 1. The standard InChI is InChI=1S/C23H25N3O5S/c27-22(2-1-17-3-10-32-14-17)25-8-5-23(6-9-25)4-7-24(15-23)13-18-11-20-21(31-16-30-20)12-19(18)26(28)29/h1-3,10-12,14H,4-9,13,15-16H2/b2-1+. The van der Waals surface area contributed by atoms with Gasteiger partial charge in [-0.3, -0.25) is 19.8 Å². The van der Waals surface area contributed by atoms with E-state index in [-0.39, 0.29) is 28.7 Å². The average Bonchev–Trinajstić information content (AvgIpc) is 3.54. The fraction of sp³-hybridized carbons (Fsp3) is 0.435. The van der Waals surface area contributed by atoms with Gasteiger partial charge >= 0.3 is 0 Å². The first-order valence-corrected chi connectivity index (χ1v) is 11.7. The van der Waals surface area contributed by atoms with Gasteiger partial charge in [-0.2, -0.15) is 11.3 Å². The molecule has 8 nitrogen and oxygen atoms in total. The minimum absolute atomic E-state index is 0.0666. The van der Waals surface area contributed by atoms with Crippen molar-refractivity contribution in [2.75, 3.05) is 33.0 Å². The largest absolute Gasteiger partial charge is 0.454 e. The molecule has 1 aromatic carbocycles. The highest BCUT2D eigenvalue weighted by Gasteiger charge is 2.41. The van der Waals surface area contributed by atoms with Crippen molar-refractivity contribution in [2.45, 2.75) is 25.8 Å². The molecule has 0 bridgehead atoms. The molecular formula is C23H25N3O5S. The number of amides is 1. The SMILES string of the molecule is O=C(/C=C/c1ccsc1)N1CCC2(CCN(Cc3cc4c(cc3[N+](=O)[O-])OCO4)C2)CC1. The molecule has 0 aliphatic carbocycles. The first-order chi connectivity index (χ1) is 15.5. The minimum Gasteiger partial charge on any atom is -0.454 e. The third kappa shape index (κ3) is 4.22. The highest BCUT2D eigenvalue weighted by Crippen LogP contribution is 2.43. The second kappa shape index (κ2) is 8.55. The summed E-state index contributed by atoms with van der Waals surface area (Å²) in [6, 6.07) is 5.21. The van der Waals surface area contributed by atoms with Crippen molar-refractivity contribution in [2.24, 2.45) is 5.41 Å². The maximum absolute atomic E-state index is 12.5. The molecule has 0 N–H and O–H groups in total. The third-order valence-electron chi connectivity index (χ3n) is 6.78.